The van der Waals surface area contributed by atoms with Crippen molar-refractivity contribution in [2.45, 2.75) is 64.8 Å². The molecule has 1 saturated carbocycles. The second-order valence-corrected chi connectivity index (χ2v) is 5.69. The molecule has 1 N–H and O–H groups in total. The molecule has 0 aromatic carbocycles. The van der Waals surface area contributed by atoms with Crippen molar-refractivity contribution in [2.24, 2.45) is 5.41 Å². The lowest BCUT2D eigenvalue weighted by molar-refractivity contribution is -0.153. The van der Waals surface area contributed by atoms with Gasteiger partial charge in [-0.2, -0.15) is 0 Å². The van der Waals surface area contributed by atoms with Crippen LogP contribution in [0.3, 0.4) is 0 Å². The van der Waals surface area contributed by atoms with Crippen LogP contribution < -0.4 is 5.32 Å². The van der Waals surface area contributed by atoms with Crippen LogP contribution in [0.5, 0.6) is 0 Å². The molecule has 0 bridgehead atoms. The van der Waals surface area contributed by atoms with Crippen molar-refractivity contribution in [3.05, 3.63) is 0 Å². The third-order valence-electron chi connectivity index (χ3n) is 4.49. The zero-order chi connectivity index (χ0) is 14.0. The molecule has 1 unspecified atom stereocenters. The third kappa shape index (κ3) is 2.26. The van der Waals surface area contributed by atoms with Gasteiger partial charge >= 0.3 is 6.03 Å². The van der Waals surface area contributed by atoms with E-state index in [0.29, 0.717) is 19.3 Å². The Morgan fingerprint density at radius 1 is 1.16 bits per heavy atom. The predicted octanol–water partition coefficient (Wildman–Crippen LogP) is 2.20. The number of barbiturate groups is 1. The molecule has 2 aliphatic rings. The minimum Gasteiger partial charge on any atom is -0.277 e. The van der Waals surface area contributed by atoms with Gasteiger partial charge in [-0.1, -0.05) is 32.6 Å². The van der Waals surface area contributed by atoms with Crippen molar-refractivity contribution in [3.63, 3.8) is 0 Å². The molecule has 0 aromatic heterocycles. The minimum absolute atomic E-state index is 0.166. The van der Waals surface area contributed by atoms with E-state index in [9.17, 15) is 14.4 Å². The van der Waals surface area contributed by atoms with E-state index in [1.165, 1.54) is 4.90 Å². The van der Waals surface area contributed by atoms with Gasteiger partial charge in [0.25, 0.3) is 0 Å². The Labute approximate surface area is 113 Å². The summed E-state index contributed by atoms with van der Waals surface area (Å²) in [7, 11) is 0. The summed E-state index contributed by atoms with van der Waals surface area (Å²) in [5, 5.41) is 2.39. The van der Waals surface area contributed by atoms with Gasteiger partial charge in [-0.15, -0.1) is 0 Å². The van der Waals surface area contributed by atoms with E-state index in [1.54, 1.807) is 0 Å². The molecule has 1 atom stereocenters. The molecule has 1 heterocycles. The van der Waals surface area contributed by atoms with Gasteiger partial charge < -0.3 is 0 Å². The summed E-state index contributed by atoms with van der Waals surface area (Å²) in [4.78, 5) is 38.1. The summed E-state index contributed by atoms with van der Waals surface area (Å²) < 4.78 is 0. The van der Waals surface area contributed by atoms with Crippen LogP contribution in [-0.2, 0) is 9.59 Å². The summed E-state index contributed by atoms with van der Waals surface area (Å²) in [5.41, 5.74) is -0.992. The first-order valence-corrected chi connectivity index (χ1v) is 7.22. The van der Waals surface area contributed by atoms with Crippen LogP contribution in [-0.4, -0.2) is 28.8 Å². The fraction of sp³-hybridized carbons (Fsp3) is 0.786. The number of amides is 4. The number of hydrogen-bond donors (Lipinski definition) is 1. The monoisotopic (exact) mass is 266 g/mol. The molecular formula is C14H22N2O3. The smallest absolute Gasteiger partial charge is 0.277 e. The van der Waals surface area contributed by atoms with Gasteiger partial charge in [0.2, 0.25) is 11.8 Å². The summed E-state index contributed by atoms with van der Waals surface area (Å²) >= 11 is 0. The zero-order valence-electron chi connectivity index (χ0n) is 11.7. The van der Waals surface area contributed by atoms with Crippen LogP contribution in [0.25, 0.3) is 0 Å². The molecule has 1 saturated heterocycles. The zero-order valence-corrected chi connectivity index (χ0v) is 11.7. The van der Waals surface area contributed by atoms with E-state index in [1.807, 2.05) is 13.8 Å². The van der Waals surface area contributed by atoms with Crippen molar-refractivity contribution in [3.8, 4) is 0 Å². The van der Waals surface area contributed by atoms with Gasteiger partial charge in [-0.3, -0.25) is 19.8 Å². The second-order valence-electron chi connectivity index (χ2n) is 5.69. The molecular weight excluding hydrogens is 244 g/mol. The molecule has 106 valence electrons. The summed E-state index contributed by atoms with van der Waals surface area (Å²) in [5.74, 6) is -0.665. The molecule has 1 aliphatic carbocycles. The topological polar surface area (TPSA) is 66.5 Å². The molecule has 2 fully saturated rings. The van der Waals surface area contributed by atoms with E-state index in [2.05, 4.69) is 5.32 Å². The summed E-state index contributed by atoms with van der Waals surface area (Å²) in [6.45, 7) is 3.78. The van der Waals surface area contributed by atoms with Crippen molar-refractivity contribution >= 4 is 17.8 Å². The van der Waals surface area contributed by atoms with Gasteiger partial charge in [-0.25, -0.2) is 4.79 Å². The predicted molar refractivity (Wildman–Crippen MR) is 70.3 cm³/mol. The van der Waals surface area contributed by atoms with Crippen LogP contribution in [0, 0.1) is 5.41 Å². The van der Waals surface area contributed by atoms with Crippen molar-refractivity contribution < 1.29 is 14.4 Å². The molecule has 5 heteroatoms. The average Bonchev–Trinajstić information content (AvgIpc) is 2.63. The standard InChI is InChI=1S/C14H22N2O3/c1-3-10(2)16-12(18)14(11(17)15-13(16)19)8-6-4-5-7-9-14/h10H,3-9H2,1-2H3,(H,15,17,19). The Morgan fingerprint density at radius 2 is 1.74 bits per heavy atom. The van der Waals surface area contributed by atoms with E-state index in [0.717, 1.165) is 25.7 Å². The lowest BCUT2D eigenvalue weighted by atomic mass is 9.76. The summed E-state index contributed by atoms with van der Waals surface area (Å²) in [6, 6.07) is -0.722. The van der Waals surface area contributed by atoms with E-state index in [-0.39, 0.29) is 17.9 Å². The third-order valence-corrected chi connectivity index (χ3v) is 4.49. The maximum atomic E-state index is 12.7. The van der Waals surface area contributed by atoms with Crippen LogP contribution in [0.15, 0.2) is 0 Å². The first-order valence-electron chi connectivity index (χ1n) is 7.22. The van der Waals surface area contributed by atoms with Crippen LogP contribution in [0.4, 0.5) is 4.79 Å². The van der Waals surface area contributed by atoms with Gasteiger partial charge in [0, 0.05) is 6.04 Å². The van der Waals surface area contributed by atoms with Gasteiger partial charge in [0.1, 0.15) is 5.41 Å². The molecule has 0 radical (unpaired) electrons. The number of carbonyl (C=O) groups is 3. The highest BCUT2D eigenvalue weighted by Crippen LogP contribution is 2.39. The number of rotatable bonds is 2. The van der Waals surface area contributed by atoms with Crippen molar-refractivity contribution in [2.75, 3.05) is 0 Å². The highest BCUT2D eigenvalue weighted by atomic mass is 16.2. The molecule has 1 spiro atoms. The lowest BCUT2D eigenvalue weighted by Gasteiger charge is -2.41. The fourth-order valence-electron chi connectivity index (χ4n) is 3.05. The largest absolute Gasteiger partial charge is 0.331 e. The second kappa shape index (κ2) is 5.31. The maximum absolute atomic E-state index is 12.7. The van der Waals surface area contributed by atoms with Crippen LogP contribution in [0.1, 0.15) is 58.8 Å². The Balaban J connectivity index is 2.34. The van der Waals surface area contributed by atoms with Crippen LogP contribution >= 0.6 is 0 Å². The molecule has 5 nitrogen and oxygen atoms in total. The Morgan fingerprint density at radius 3 is 2.26 bits per heavy atom. The van der Waals surface area contributed by atoms with Gasteiger partial charge in [0.15, 0.2) is 0 Å². The Bertz CT molecular complexity index is 397. The number of nitrogens with zero attached hydrogens (tertiary/aromatic N) is 1. The number of hydrogen-bond acceptors (Lipinski definition) is 3. The first kappa shape index (κ1) is 14.0. The summed E-state index contributed by atoms with van der Waals surface area (Å²) in [6.07, 6.45) is 5.70. The number of carbonyl (C=O) groups excluding carboxylic acids is 3. The van der Waals surface area contributed by atoms with Crippen LogP contribution in [0.2, 0.25) is 0 Å². The van der Waals surface area contributed by atoms with Gasteiger partial charge in [-0.05, 0) is 26.2 Å². The van der Waals surface area contributed by atoms with Crippen molar-refractivity contribution in [1.29, 1.82) is 0 Å². The van der Waals surface area contributed by atoms with E-state index >= 15 is 0 Å². The minimum atomic E-state index is -0.992. The molecule has 19 heavy (non-hydrogen) atoms. The Kier molecular flexibility index (Phi) is 3.92. The highest BCUT2D eigenvalue weighted by molar-refractivity contribution is 6.19. The SMILES string of the molecule is CCC(C)N1C(=O)NC(=O)C2(CCCCCC2)C1=O. The van der Waals surface area contributed by atoms with E-state index in [4.69, 9.17) is 0 Å². The average molecular weight is 266 g/mol. The maximum Gasteiger partial charge on any atom is 0.331 e. The lowest BCUT2D eigenvalue weighted by Crippen LogP contribution is -2.65. The van der Waals surface area contributed by atoms with Crippen molar-refractivity contribution in [1.82, 2.24) is 10.2 Å². The quantitative estimate of drug-likeness (QED) is 0.779. The van der Waals surface area contributed by atoms with E-state index < -0.39 is 11.4 Å². The van der Waals surface area contributed by atoms with Gasteiger partial charge in [0.05, 0.1) is 0 Å². The number of imide groups is 2. The molecule has 1 aliphatic heterocycles. The molecule has 2 rings (SSSR count). The number of urea groups is 1. The number of nitrogens with one attached hydrogen (secondary N) is 1. The highest BCUT2D eigenvalue weighted by Gasteiger charge is 2.54. The fourth-order valence-corrected chi connectivity index (χ4v) is 3.05. The Hall–Kier alpha value is -1.39. The molecule has 4 amide bonds. The molecule has 0 aromatic rings. The first-order chi connectivity index (χ1) is 9.03. The normalized spacial score (nSPS) is 25.2.